The number of hydrogen-bond donors (Lipinski definition) is 1. The molecular formula is C16H19ClFN3O2. The number of hydrogen-bond acceptors (Lipinski definition) is 3. The van der Waals surface area contributed by atoms with Gasteiger partial charge in [0.15, 0.2) is 0 Å². The van der Waals surface area contributed by atoms with Crippen LogP contribution in [0.1, 0.15) is 23.4 Å². The summed E-state index contributed by atoms with van der Waals surface area (Å²) in [6.07, 6.45) is 0.282. The number of anilines is 1. The maximum absolute atomic E-state index is 13.1. The van der Waals surface area contributed by atoms with E-state index in [1.54, 1.807) is 17.9 Å². The Morgan fingerprint density at radius 3 is 2.83 bits per heavy atom. The average Bonchev–Trinajstić information content (AvgIpc) is 2.75. The molecule has 1 amide bonds. The van der Waals surface area contributed by atoms with Gasteiger partial charge in [-0.25, -0.2) is 4.39 Å². The number of amides is 1. The van der Waals surface area contributed by atoms with Gasteiger partial charge in [-0.1, -0.05) is 17.7 Å². The smallest absolute Gasteiger partial charge is 0.226 e. The minimum atomic E-state index is -0.377. The number of carbonyl (C=O) groups excluding carboxylic acids is 1. The lowest BCUT2D eigenvalue weighted by molar-refractivity contribution is -0.117. The molecule has 0 aliphatic rings. The molecule has 7 heteroatoms. The van der Waals surface area contributed by atoms with Crippen LogP contribution in [0.2, 0.25) is 5.02 Å². The second-order valence-corrected chi connectivity index (χ2v) is 5.64. The molecule has 0 bridgehead atoms. The molecule has 1 aromatic heterocycles. The van der Waals surface area contributed by atoms with E-state index in [1.165, 1.54) is 12.1 Å². The molecule has 1 N–H and O–H groups in total. The van der Waals surface area contributed by atoms with Gasteiger partial charge in [0, 0.05) is 12.1 Å². The van der Waals surface area contributed by atoms with E-state index in [9.17, 15) is 9.18 Å². The molecule has 0 saturated carbocycles. The highest BCUT2D eigenvalue weighted by Gasteiger charge is 2.15. The fourth-order valence-electron chi connectivity index (χ4n) is 2.24. The van der Waals surface area contributed by atoms with Gasteiger partial charge in [0.1, 0.15) is 5.82 Å². The third kappa shape index (κ3) is 4.30. The van der Waals surface area contributed by atoms with Gasteiger partial charge < -0.3 is 10.1 Å². The normalized spacial score (nSPS) is 10.8. The van der Waals surface area contributed by atoms with E-state index in [0.717, 1.165) is 11.3 Å². The predicted molar refractivity (Wildman–Crippen MR) is 87.3 cm³/mol. The highest BCUT2D eigenvalue weighted by Crippen LogP contribution is 2.23. The molecule has 23 heavy (non-hydrogen) atoms. The number of rotatable bonds is 6. The maximum atomic E-state index is 13.1. The number of nitrogens with one attached hydrogen (secondary N) is 1. The lowest BCUT2D eigenvalue weighted by Gasteiger charge is -2.08. The van der Waals surface area contributed by atoms with Crippen molar-refractivity contribution in [3.63, 3.8) is 0 Å². The summed E-state index contributed by atoms with van der Waals surface area (Å²) in [5, 5.41) is 7.62. The van der Waals surface area contributed by atoms with Crippen molar-refractivity contribution in [3.8, 4) is 0 Å². The summed E-state index contributed by atoms with van der Waals surface area (Å²) in [6, 6.07) is 4.27. The van der Waals surface area contributed by atoms with Crippen LogP contribution in [0, 0.1) is 19.7 Å². The first kappa shape index (κ1) is 17.4. The van der Waals surface area contributed by atoms with Gasteiger partial charge in [-0.2, -0.15) is 5.10 Å². The van der Waals surface area contributed by atoms with Crippen molar-refractivity contribution in [3.05, 3.63) is 46.0 Å². The Labute approximate surface area is 139 Å². The molecule has 0 atom stereocenters. The second-order valence-electron chi connectivity index (χ2n) is 5.23. The average molecular weight is 340 g/mol. The first-order valence-electron chi connectivity index (χ1n) is 7.19. The molecule has 0 fully saturated rings. The van der Waals surface area contributed by atoms with Gasteiger partial charge >= 0.3 is 0 Å². The highest BCUT2D eigenvalue weighted by molar-refractivity contribution is 6.31. The molecule has 1 aromatic carbocycles. The van der Waals surface area contributed by atoms with E-state index < -0.39 is 0 Å². The largest absolute Gasteiger partial charge is 0.384 e. The zero-order valence-corrected chi connectivity index (χ0v) is 14.1. The summed E-state index contributed by atoms with van der Waals surface area (Å²) in [5.41, 5.74) is 2.97. The summed E-state index contributed by atoms with van der Waals surface area (Å²) < 4.78 is 19.7. The minimum Gasteiger partial charge on any atom is -0.384 e. The van der Waals surface area contributed by atoms with Crippen LogP contribution < -0.4 is 5.32 Å². The van der Waals surface area contributed by atoms with E-state index in [4.69, 9.17) is 16.3 Å². The Kier molecular flexibility index (Phi) is 5.74. The van der Waals surface area contributed by atoms with Gasteiger partial charge in [-0.05, 0) is 31.5 Å². The lowest BCUT2D eigenvalue weighted by Crippen LogP contribution is -2.15. The number of nitrogens with zero attached hydrogens (tertiary/aromatic N) is 2. The first-order valence-corrected chi connectivity index (χ1v) is 7.57. The summed E-state index contributed by atoms with van der Waals surface area (Å²) in [5.74, 6) is -0.504. The molecule has 5 nitrogen and oxygen atoms in total. The van der Waals surface area contributed by atoms with E-state index in [1.807, 2.05) is 13.8 Å². The minimum absolute atomic E-state index is 0.127. The molecule has 0 spiro atoms. The molecule has 0 unspecified atom stereocenters. The molecule has 0 saturated heterocycles. The fraction of sp³-hybridized carbons (Fsp3) is 0.375. The Bertz CT molecular complexity index is 716. The van der Waals surface area contributed by atoms with Crippen molar-refractivity contribution in [2.75, 3.05) is 19.0 Å². The maximum Gasteiger partial charge on any atom is 0.226 e. The topological polar surface area (TPSA) is 56.1 Å². The zero-order valence-electron chi connectivity index (χ0n) is 13.3. The van der Waals surface area contributed by atoms with Crippen molar-refractivity contribution in [2.45, 2.75) is 26.8 Å². The van der Waals surface area contributed by atoms with Crippen LogP contribution in [0.3, 0.4) is 0 Å². The Balaban J connectivity index is 2.18. The van der Waals surface area contributed by atoms with Crippen molar-refractivity contribution >= 4 is 23.2 Å². The Hall–Kier alpha value is -1.92. The summed E-state index contributed by atoms with van der Waals surface area (Å²) in [6.45, 7) is 4.45. The first-order chi connectivity index (χ1) is 10.9. The number of aryl methyl sites for hydroxylation is 1. The number of aromatic nitrogens is 2. The SMILES string of the molecule is COCCC(=O)Nc1c(C)nn(Cc2ccc(F)cc2Cl)c1C. The summed E-state index contributed by atoms with van der Waals surface area (Å²) in [7, 11) is 1.55. The van der Waals surface area contributed by atoms with Crippen LogP contribution in [0.4, 0.5) is 10.1 Å². The van der Waals surface area contributed by atoms with Crippen LogP contribution in [0.15, 0.2) is 18.2 Å². The number of ether oxygens (including phenoxy) is 1. The number of benzene rings is 1. The van der Waals surface area contributed by atoms with Crippen molar-refractivity contribution in [1.82, 2.24) is 9.78 Å². The molecule has 1 heterocycles. The Morgan fingerprint density at radius 2 is 2.17 bits per heavy atom. The van der Waals surface area contributed by atoms with Crippen molar-refractivity contribution in [2.24, 2.45) is 0 Å². The molecule has 2 aromatic rings. The summed E-state index contributed by atoms with van der Waals surface area (Å²) in [4.78, 5) is 11.8. The Morgan fingerprint density at radius 1 is 1.43 bits per heavy atom. The predicted octanol–water partition coefficient (Wildman–Crippen LogP) is 3.32. The van der Waals surface area contributed by atoms with Gasteiger partial charge in [0.2, 0.25) is 5.91 Å². The quantitative estimate of drug-likeness (QED) is 0.878. The second kappa shape index (κ2) is 7.57. The number of carbonyl (C=O) groups is 1. The van der Waals surface area contributed by atoms with E-state index >= 15 is 0 Å². The van der Waals surface area contributed by atoms with Crippen LogP contribution in [-0.4, -0.2) is 29.4 Å². The fourth-order valence-corrected chi connectivity index (χ4v) is 2.47. The third-order valence-electron chi connectivity index (χ3n) is 3.51. The lowest BCUT2D eigenvalue weighted by atomic mass is 10.2. The van der Waals surface area contributed by atoms with Gasteiger partial charge in [-0.3, -0.25) is 9.48 Å². The summed E-state index contributed by atoms with van der Waals surface area (Å²) >= 11 is 6.06. The van der Waals surface area contributed by atoms with Gasteiger partial charge in [0.05, 0.1) is 36.6 Å². The molecular weight excluding hydrogens is 321 g/mol. The zero-order chi connectivity index (χ0) is 17.0. The molecule has 0 radical (unpaired) electrons. The van der Waals surface area contributed by atoms with Gasteiger partial charge in [0.25, 0.3) is 0 Å². The van der Waals surface area contributed by atoms with E-state index in [-0.39, 0.29) is 18.1 Å². The number of halogens is 2. The molecule has 2 rings (SSSR count). The van der Waals surface area contributed by atoms with Crippen LogP contribution in [0.25, 0.3) is 0 Å². The van der Waals surface area contributed by atoms with Crippen molar-refractivity contribution < 1.29 is 13.9 Å². The highest BCUT2D eigenvalue weighted by atomic mass is 35.5. The monoisotopic (exact) mass is 339 g/mol. The van der Waals surface area contributed by atoms with Crippen molar-refractivity contribution in [1.29, 1.82) is 0 Å². The van der Waals surface area contributed by atoms with E-state index in [2.05, 4.69) is 10.4 Å². The molecule has 0 aliphatic heterocycles. The van der Waals surface area contributed by atoms with Crippen LogP contribution in [0.5, 0.6) is 0 Å². The van der Waals surface area contributed by atoms with Crippen LogP contribution in [-0.2, 0) is 16.1 Å². The van der Waals surface area contributed by atoms with E-state index in [0.29, 0.717) is 29.6 Å². The molecule has 124 valence electrons. The third-order valence-corrected chi connectivity index (χ3v) is 3.87. The van der Waals surface area contributed by atoms with Crippen LogP contribution >= 0.6 is 11.6 Å². The number of methoxy groups -OCH3 is 1. The standard InChI is InChI=1S/C16H19ClFN3O2/c1-10-16(19-15(22)6-7-23-3)11(2)21(20-10)9-12-4-5-13(18)8-14(12)17/h4-5,8H,6-7,9H2,1-3H3,(H,19,22). The van der Waals surface area contributed by atoms with Gasteiger partial charge in [-0.15, -0.1) is 0 Å². The molecule has 0 aliphatic carbocycles.